The van der Waals surface area contributed by atoms with Gasteiger partial charge in [0.2, 0.25) is 0 Å². The first-order valence-electron chi connectivity index (χ1n) is 5.54. The fourth-order valence-corrected chi connectivity index (χ4v) is 2.47. The lowest BCUT2D eigenvalue weighted by atomic mass is 9.71. The number of halogens is 1. The second-order valence-corrected chi connectivity index (χ2v) is 5.24. The van der Waals surface area contributed by atoms with Gasteiger partial charge in [0.05, 0.1) is 0 Å². The molecule has 0 spiro atoms. The molecule has 0 aromatic carbocycles. The molecule has 1 N–H and O–H groups in total. The van der Waals surface area contributed by atoms with Gasteiger partial charge in [-0.2, -0.15) is 0 Å². The van der Waals surface area contributed by atoms with Gasteiger partial charge in [0, 0.05) is 16.4 Å². The molecule has 2 atom stereocenters. The molecule has 0 amide bonds. The van der Waals surface area contributed by atoms with Crippen LogP contribution >= 0.6 is 15.9 Å². The fourth-order valence-electron chi connectivity index (χ4n) is 2.23. The summed E-state index contributed by atoms with van der Waals surface area (Å²) in [7, 11) is 2.03. The summed E-state index contributed by atoms with van der Waals surface area (Å²) in [6.45, 7) is 1.15. The Morgan fingerprint density at radius 2 is 2.20 bits per heavy atom. The number of rotatable bonds is 4. The monoisotopic (exact) mass is 268 g/mol. The summed E-state index contributed by atoms with van der Waals surface area (Å²) in [5, 5.41) is 3.27. The van der Waals surface area contributed by atoms with Crippen molar-refractivity contribution in [3.8, 4) is 0 Å². The van der Waals surface area contributed by atoms with Crippen molar-refractivity contribution in [1.29, 1.82) is 0 Å². The first-order chi connectivity index (χ1) is 7.29. The Labute approximate surface area is 99.6 Å². The van der Waals surface area contributed by atoms with Crippen LogP contribution in [0.4, 0.5) is 0 Å². The lowest BCUT2D eigenvalue weighted by Gasteiger charge is -2.36. The molecule has 3 heteroatoms. The molecule has 2 rings (SSSR count). The van der Waals surface area contributed by atoms with Crippen LogP contribution in [0.25, 0.3) is 0 Å². The molecule has 0 radical (unpaired) electrons. The number of aromatic nitrogens is 1. The van der Waals surface area contributed by atoms with Crippen LogP contribution in [0.15, 0.2) is 22.8 Å². The van der Waals surface area contributed by atoms with Gasteiger partial charge >= 0.3 is 0 Å². The van der Waals surface area contributed by atoms with Crippen molar-refractivity contribution < 1.29 is 0 Å². The van der Waals surface area contributed by atoms with E-state index in [1.165, 1.54) is 18.5 Å². The van der Waals surface area contributed by atoms with E-state index in [1.54, 1.807) is 0 Å². The summed E-state index contributed by atoms with van der Waals surface area (Å²) in [5.74, 6) is 1.70. The Morgan fingerprint density at radius 1 is 1.40 bits per heavy atom. The maximum absolute atomic E-state index is 4.43. The van der Waals surface area contributed by atoms with Crippen molar-refractivity contribution in [1.82, 2.24) is 10.3 Å². The van der Waals surface area contributed by atoms with Crippen molar-refractivity contribution >= 4 is 15.9 Å². The molecule has 0 aliphatic heterocycles. The van der Waals surface area contributed by atoms with Gasteiger partial charge in [0.25, 0.3) is 0 Å². The molecule has 1 aliphatic carbocycles. The van der Waals surface area contributed by atoms with Crippen LogP contribution < -0.4 is 5.32 Å². The van der Waals surface area contributed by atoms with E-state index < -0.39 is 0 Å². The van der Waals surface area contributed by atoms with Gasteiger partial charge in [-0.3, -0.25) is 4.98 Å². The molecule has 1 heterocycles. The molecular weight excluding hydrogens is 252 g/mol. The van der Waals surface area contributed by atoms with Crippen LogP contribution in [-0.4, -0.2) is 18.6 Å². The Kier molecular flexibility index (Phi) is 3.76. The standard InChI is InChI=1S/C12H17BrN2/c1-14-7-10-3-2-9(10)6-12-5-4-11(13)8-15-12/h4-5,8-10,14H,2-3,6-7H2,1H3. The molecule has 15 heavy (non-hydrogen) atoms. The molecule has 2 unspecified atom stereocenters. The van der Waals surface area contributed by atoms with Crippen molar-refractivity contribution in [2.24, 2.45) is 11.8 Å². The third-order valence-corrected chi connectivity index (χ3v) is 3.77. The highest BCUT2D eigenvalue weighted by atomic mass is 79.9. The summed E-state index contributed by atoms with van der Waals surface area (Å²) in [6, 6.07) is 4.20. The van der Waals surface area contributed by atoms with Gasteiger partial charge in [0.1, 0.15) is 0 Å². The quantitative estimate of drug-likeness (QED) is 0.908. The summed E-state index contributed by atoms with van der Waals surface area (Å²) in [6.07, 6.45) is 5.77. The second-order valence-electron chi connectivity index (χ2n) is 4.33. The number of hydrogen-bond acceptors (Lipinski definition) is 2. The van der Waals surface area contributed by atoms with E-state index in [0.29, 0.717) is 0 Å². The second kappa shape index (κ2) is 5.08. The van der Waals surface area contributed by atoms with E-state index in [0.717, 1.165) is 29.3 Å². The van der Waals surface area contributed by atoms with Gasteiger partial charge in [0.15, 0.2) is 0 Å². The highest BCUT2D eigenvalue weighted by Crippen LogP contribution is 2.35. The maximum atomic E-state index is 4.43. The number of hydrogen-bond donors (Lipinski definition) is 1. The highest BCUT2D eigenvalue weighted by molar-refractivity contribution is 9.10. The van der Waals surface area contributed by atoms with Crippen LogP contribution in [0.3, 0.4) is 0 Å². The lowest BCUT2D eigenvalue weighted by Crippen LogP contribution is -2.35. The van der Waals surface area contributed by atoms with Gasteiger partial charge < -0.3 is 5.32 Å². The van der Waals surface area contributed by atoms with E-state index in [9.17, 15) is 0 Å². The minimum atomic E-state index is 0.839. The average molecular weight is 269 g/mol. The molecule has 1 aliphatic rings. The van der Waals surface area contributed by atoms with Crippen molar-refractivity contribution in [3.63, 3.8) is 0 Å². The first kappa shape index (κ1) is 11.1. The summed E-state index contributed by atoms with van der Waals surface area (Å²) < 4.78 is 1.06. The molecule has 0 saturated heterocycles. The summed E-state index contributed by atoms with van der Waals surface area (Å²) in [5.41, 5.74) is 1.23. The highest BCUT2D eigenvalue weighted by Gasteiger charge is 2.30. The Morgan fingerprint density at radius 3 is 2.73 bits per heavy atom. The van der Waals surface area contributed by atoms with E-state index >= 15 is 0 Å². The Bertz CT molecular complexity index is 310. The number of nitrogens with one attached hydrogen (secondary N) is 1. The van der Waals surface area contributed by atoms with E-state index in [2.05, 4.69) is 38.4 Å². The van der Waals surface area contributed by atoms with E-state index in [4.69, 9.17) is 0 Å². The average Bonchev–Trinajstić information content (AvgIpc) is 2.23. The summed E-state index contributed by atoms with van der Waals surface area (Å²) in [4.78, 5) is 4.43. The molecule has 1 aromatic heterocycles. The molecule has 0 bridgehead atoms. The summed E-state index contributed by atoms with van der Waals surface area (Å²) >= 11 is 3.41. The Hall–Kier alpha value is -0.410. The number of nitrogens with zero attached hydrogens (tertiary/aromatic N) is 1. The van der Waals surface area contributed by atoms with Gasteiger partial charge in [-0.05, 0) is 72.8 Å². The third-order valence-electron chi connectivity index (χ3n) is 3.30. The van der Waals surface area contributed by atoms with Gasteiger partial charge in [-0.25, -0.2) is 0 Å². The zero-order chi connectivity index (χ0) is 10.7. The van der Waals surface area contributed by atoms with E-state index in [-0.39, 0.29) is 0 Å². The van der Waals surface area contributed by atoms with Crippen LogP contribution in [-0.2, 0) is 6.42 Å². The van der Waals surface area contributed by atoms with Crippen molar-refractivity contribution in [3.05, 3.63) is 28.5 Å². The topological polar surface area (TPSA) is 24.9 Å². The zero-order valence-corrected chi connectivity index (χ0v) is 10.6. The SMILES string of the molecule is CNCC1CCC1Cc1ccc(Br)cn1. The minimum Gasteiger partial charge on any atom is -0.319 e. The van der Waals surface area contributed by atoms with E-state index in [1.807, 2.05) is 13.2 Å². The predicted octanol–water partition coefficient (Wildman–Crippen LogP) is 2.63. The lowest BCUT2D eigenvalue weighted by molar-refractivity contribution is 0.172. The minimum absolute atomic E-state index is 0.839. The van der Waals surface area contributed by atoms with Gasteiger partial charge in [-0.1, -0.05) is 0 Å². The maximum Gasteiger partial charge on any atom is 0.0413 e. The molecular formula is C12H17BrN2. The molecule has 1 saturated carbocycles. The Balaban J connectivity index is 1.89. The number of pyridine rings is 1. The van der Waals surface area contributed by atoms with Crippen LogP contribution in [0.5, 0.6) is 0 Å². The smallest absolute Gasteiger partial charge is 0.0413 e. The van der Waals surface area contributed by atoms with Crippen molar-refractivity contribution in [2.45, 2.75) is 19.3 Å². The predicted molar refractivity (Wildman–Crippen MR) is 65.8 cm³/mol. The normalized spacial score (nSPS) is 24.9. The largest absolute Gasteiger partial charge is 0.319 e. The van der Waals surface area contributed by atoms with Crippen LogP contribution in [0.1, 0.15) is 18.5 Å². The van der Waals surface area contributed by atoms with Crippen LogP contribution in [0, 0.1) is 11.8 Å². The molecule has 2 nitrogen and oxygen atoms in total. The molecule has 1 fully saturated rings. The van der Waals surface area contributed by atoms with Gasteiger partial charge in [-0.15, -0.1) is 0 Å². The van der Waals surface area contributed by atoms with Crippen molar-refractivity contribution in [2.75, 3.05) is 13.6 Å². The third kappa shape index (κ3) is 2.79. The molecule has 82 valence electrons. The molecule has 1 aromatic rings. The first-order valence-corrected chi connectivity index (χ1v) is 6.34. The fraction of sp³-hybridized carbons (Fsp3) is 0.583. The van der Waals surface area contributed by atoms with Crippen LogP contribution in [0.2, 0.25) is 0 Å². The zero-order valence-electron chi connectivity index (χ0n) is 9.04.